The molecule has 1 nitrogen and oxygen atoms in total. The van der Waals surface area contributed by atoms with Gasteiger partial charge < -0.3 is 4.57 Å². The zero-order valence-electron chi connectivity index (χ0n) is 23.6. The smallest absolute Gasteiger partial charge is 0.0555 e. The van der Waals surface area contributed by atoms with E-state index in [0.29, 0.717) is 0 Å². The Hall–Kier alpha value is -5.44. The molecule has 9 aromatic carbocycles. The first-order chi connectivity index (χ1) is 21.8. The van der Waals surface area contributed by atoms with E-state index in [0.717, 1.165) is 0 Å². The summed E-state index contributed by atoms with van der Waals surface area (Å²) >= 11 is 1.89. The maximum absolute atomic E-state index is 2.48. The molecular formula is C42H23NS. The highest BCUT2D eigenvalue weighted by molar-refractivity contribution is 7.25. The maximum atomic E-state index is 2.48. The monoisotopic (exact) mass is 573 g/mol. The Kier molecular flexibility index (Phi) is 4.26. The van der Waals surface area contributed by atoms with Gasteiger partial charge in [0.25, 0.3) is 0 Å². The van der Waals surface area contributed by atoms with Crippen molar-refractivity contribution in [3.05, 3.63) is 140 Å². The molecule has 44 heavy (non-hydrogen) atoms. The van der Waals surface area contributed by atoms with Gasteiger partial charge in [-0.2, -0.15) is 0 Å². The predicted molar refractivity (Wildman–Crippen MR) is 192 cm³/mol. The fraction of sp³-hybridized carbons (Fsp3) is 0. The molecule has 0 unspecified atom stereocenters. The summed E-state index contributed by atoms with van der Waals surface area (Å²) in [6.45, 7) is 0. The highest BCUT2D eigenvalue weighted by Gasteiger charge is 2.19. The molecule has 0 saturated carbocycles. The summed E-state index contributed by atoms with van der Waals surface area (Å²) in [5, 5.41) is 18.6. The van der Waals surface area contributed by atoms with E-state index in [1.54, 1.807) is 0 Å². The molecule has 0 bridgehead atoms. The second kappa shape index (κ2) is 8.13. The van der Waals surface area contributed by atoms with Crippen LogP contribution in [0.25, 0.3) is 102 Å². The first-order valence-electron chi connectivity index (χ1n) is 15.2. The van der Waals surface area contributed by atoms with Crippen molar-refractivity contribution in [1.29, 1.82) is 0 Å². The minimum Gasteiger partial charge on any atom is -0.309 e. The van der Waals surface area contributed by atoms with Gasteiger partial charge in [0, 0.05) is 36.6 Å². The molecule has 0 amide bonds. The van der Waals surface area contributed by atoms with Gasteiger partial charge in [0.1, 0.15) is 0 Å². The predicted octanol–water partition coefficient (Wildman–Crippen LogP) is 12.4. The van der Waals surface area contributed by atoms with Crippen molar-refractivity contribution in [3.8, 4) is 5.69 Å². The third kappa shape index (κ3) is 2.80. The molecule has 11 aromatic rings. The number of benzene rings is 9. The second-order valence-electron chi connectivity index (χ2n) is 12.0. The zero-order valence-corrected chi connectivity index (χ0v) is 24.5. The van der Waals surface area contributed by atoms with Crippen molar-refractivity contribution < 1.29 is 0 Å². The van der Waals surface area contributed by atoms with E-state index in [1.165, 1.54) is 102 Å². The third-order valence-corrected chi connectivity index (χ3v) is 11.0. The van der Waals surface area contributed by atoms with E-state index < -0.39 is 0 Å². The first-order valence-corrected chi connectivity index (χ1v) is 16.0. The summed E-state index contributed by atoms with van der Waals surface area (Å²) in [7, 11) is 0. The molecule has 0 spiro atoms. The van der Waals surface area contributed by atoms with Crippen molar-refractivity contribution in [2.75, 3.05) is 0 Å². The molecule has 2 heteroatoms. The number of nitrogens with zero attached hydrogens (tertiary/aromatic N) is 1. The lowest BCUT2D eigenvalue weighted by Crippen LogP contribution is -1.95. The lowest BCUT2D eigenvalue weighted by molar-refractivity contribution is 1.19. The molecular weight excluding hydrogens is 551 g/mol. The van der Waals surface area contributed by atoms with Gasteiger partial charge in [0.2, 0.25) is 0 Å². The molecule has 0 atom stereocenters. The van der Waals surface area contributed by atoms with Crippen molar-refractivity contribution in [1.82, 2.24) is 4.57 Å². The lowest BCUT2D eigenvalue weighted by Gasteiger charge is -2.18. The van der Waals surface area contributed by atoms with Crippen LogP contribution in [0.5, 0.6) is 0 Å². The Morgan fingerprint density at radius 1 is 0.318 bits per heavy atom. The minimum atomic E-state index is 1.20. The molecule has 0 N–H and O–H groups in total. The Morgan fingerprint density at radius 2 is 0.886 bits per heavy atom. The summed E-state index contributed by atoms with van der Waals surface area (Å²) in [5.74, 6) is 0. The van der Waals surface area contributed by atoms with Crippen molar-refractivity contribution in [2.45, 2.75) is 0 Å². The van der Waals surface area contributed by atoms with Crippen molar-refractivity contribution in [2.24, 2.45) is 0 Å². The molecule has 202 valence electrons. The van der Waals surface area contributed by atoms with Crippen LogP contribution in [0, 0.1) is 0 Å². The molecule has 0 aliphatic rings. The molecule has 2 aromatic heterocycles. The third-order valence-electron chi connectivity index (χ3n) is 9.90. The van der Waals surface area contributed by atoms with Gasteiger partial charge in [0.05, 0.1) is 11.0 Å². The Bertz CT molecular complexity index is 2990. The van der Waals surface area contributed by atoms with Gasteiger partial charge in [-0.15, -0.1) is 11.3 Å². The molecule has 2 heterocycles. The lowest BCUT2D eigenvalue weighted by atomic mass is 9.86. The van der Waals surface area contributed by atoms with Crippen molar-refractivity contribution in [3.63, 3.8) is 0 Å². The molecule has 0 aliphatic carbocycles. The van der Waals surface area contributed by atoms with E-state index >= 15 is 0 Å². The Balaban J connectivity index is 1.30. The number of thiophene rings is 1. The number of para-hydroxylation sites is 1. The topological polar surface area (TPSA) is 4.93 Å². The highest BCUT2D eigenvalue weighted by atomic mass is 32.1. The highest BCUT2D eigenvalue weighted by Crippen LogP contribution is 2.46. The average Bonchev–Trinajstić information content (AvgIpc) is 3.61. The minimum absolute atomic E-state index is 1.20. The maximum Gasteiger partial charge on any atom is 0.0555 e. The van der Waals surface area contributed by atoms with Crippen LogP contribution >= 0.6 is 11.3 Å². The molecule has 0 saturated heterocycles. The van der Waals surface area contributed by atoms with E-state index in [4.69, 9.17) is 0 Å². The number of fused-ring (bicyclic) bond motifs is 12. The van der Waals surface area contributed by atoms with Gasteiger partial charge in [-0.3, -0.25) is 0 Å². The molecule has 0 radical (unpaired) electrons. The quantitative estimate of drug-likeness (QED) is 0.136. The van der Waals surface area contributed by atoms with Crippen molar-refractivity contribution >= 4 is 107 Å². The normalized spacial score (nSPS) is 12.5. The van der Waals surface area contributed by atoms with Crippen LogP contribution in [-0.2, 0) is 0 Å². The van der Waals surface area contributed by atoms with Gasteiger partial charge >= 0.3 is 0 Å². The van der Waals surface area contributed by atoms with Crippen LogP contribution < -0.4 is 0 Å². The van der Waals surface area contributed by atoms with Gasteiger partial charge in [-0.1, -0.05) is 103 Å². The summed E-state index contributed by atoms with van der Waals surface area (Å²) in [4.78, 5) is 0. The standard InChI is InChI=1S/C42H23NS/c1-2-10-26-25(9-1)30-13-7-15-32-27-20-19-24(21-34(27)33-16-8-14-31(26)42(33)41(30)32)43-37-17-5-3-11-28(37)35-22-36-29-12-4-6-18-39(29)44-40(36)23-38(35)43/h1-23H. The van der Waals surface area contributed by atoms with E-state index in [2.05, 4.69) is 144 Å². The molecule has 11 rings (SSSR count). The summed E-state index contributed by atoms with van der Waals surface area (Å²) in [5.41, 5.74) is 3.70. The summed E-state index contributed by atoms with van der Waals surface area (Å²) < 4.78 is 5.15. The first kappa shape index (κ1) is 23.1. The number of hydrogen-bond donors (Lipinski definition) is 0. The van der Waals surface area contributed by atoms with E-state index in [-0.39, 0.29) is 0 Å². The van der Waals surface area contributed by atoms with Crippen LogP contribution in [0.15, 0.2) is 140 Å². The summed E-state index contributed by atoms with van der Waals surface area (Å²) in [6.07, 6.45) is 0. The Labute approximate surface area is 256 Å². The average molecular weight is 574 g/mol. The fourth-order valence-electron chi connectivity index (χ4n) is 8.09. The zero-order chi connectivity index (χ0) is 28.5. The largest absolute Gasteiger partial charge is 0.309 e. The van der Waals surface area contributed by atoms with Gasteiger partial charge in [-0.05, 0) is 90.3 Å². The van der Waals surface area contributed by atoms with Crippen LogP contribution in [-0.4, -0.2) is 4.57 Å². The van der Waals surface area contributed by atoms with Crippen LogP contribution in [0.3, 0.4) is 0 Å². The van der Waals surface area contributed by atoms with Crippen LogP contribution in [0.4, 0.5) is 0 Å². The van der Waals surface area contributed by atoms with E-state index in [9.17, 15) is 0 Å². The number of hydrogen-bond acceptors (Lipinski definition) is 1. The molecule has 0 fully saturated rings. The SMILES string of the molecule is c1ccc2c(c1)sc1cc3c(cc12)c1ccccc1n3-c1ccc2c(c1)c1cccc3c4ccccc4c4cccc2c4c31. The van der Waals surface area contributed by atoms with Gasteiger partial charge in [-0.25, -0.2) is 0 Å². The van der Waals surface area contributed by atoms with Gasteiger partial charge in [0.15, 0.2) is 0 Å². The second-order valence-corrected chi connectivity index (χ2v) is 13.1. The number of rotatable bonds is 1. The van der Waals surface area contributed by atoms with E-state index in [1.807, 2.05) is 11.3 Å². The fourth-order valence-corrected chi connectivity index (χ4v) is 9.21. The number of aromatic nitrogens is 1. The summed E-state index contributed by atoms with van der Waals surface area (Å²) in [6, 6.07) is 52.2. The van der Waals surface area contributed by atoms with Crippen LogP contribution in [0.1, 0.15) is 0 Å². The Morgan fingerprint density at radius 3 is 1.61 bits per heavy atom. The molecule has 0 aliphatic heterocycles. The van der Waals surface area contributed by atoms with Crippen LogP contribution in [0.2, 0.25) is 0 Å².